The molecule has 0 fully saturated rings. The maximum atomic E-state index is 4.15. The quantitative estimate of drug-likeness (QED) is 0.653. The van der Waals surface area contributed by atoms with Crippen molar-refractivity contribution in [1.82, 2.24) is 5.32 Å². The molecular weight excluding hydrogens is 242 g/mol. The molecule has 108 valence electrons. The van der Waals surface area contributed by atoms with Crippen LogP contribution in [0, 0.1) is 5.92 Å². The molecule has 0 saturated carbocycles. The fraction of sp³-hybridized carbons (Fsp3) is 0.368. The summed E-state index contributed by atoms with van der Waals surface area (Å²) in [5, 5.41) is 3.48. The van der Waals surface area contributed by atoms with Gasteiger partial charge in [0.05, 0.1) is 0 Å². The molecule has 1 aromatic rings. The molecule has 20 heavy (non-hydrogen) atoms. The van der Waals surface area contributed by atoms with Crippen LogP contribution in [0.3, 0.4) is 0 Å². The fourth-order valence-corrected chi connectivity index (χ4v) is 2.21. The Kier molecular flexibility index (Phi) is 6.30. The zero-order valence-corrected chi connectivity index (χ0v) is 13.2. The van der Waals surface area contributed by atoms with Gasteiger partial charge in [-0.1, -0.05) is 67.6 Å². The predicted molar refractivity (Wildman–Crippen MR) is 89.5 cm³/mol. The minimum absolute atomic E-state index is 0.294. The van der Waals surface area contributed by atoms with E-state index in [1.165, 1.54) is 11.1 Å². The normalized spacial score (nSPS) is 14.5. The summed E-state index contributed by atoms with van der Waals surface area (Å²) in [7, 11) is 0. The van der Waals surface area contributed by atoms with E-state index in [4.69, 9.17) is 0 Å². The Bertz CT molecular complexity index is 482. The van der Waals surface area contributed by atoms with Crippen LogP contribution in [0.5, 0.6) is 0 Å². The molecule has 0 amide bonds. The van der Waals surface area contributed by atoms with Crippen LogP contribution in [-0.4, -0.2) is 0 Å². The summed E-state index contributed by atoms with van der Waals surface area (Å²) >= 11 is 0. The van der Waals surface area contributed by atoms with Gasteiger partial charge in [-0.25, -0.2) is 0 Å². The van der Waals surface area contributed by atoms with Gasteiger partial charge >= 0.3 is 0 Å². The molecule has 0 aliphatic rings. The van der Waals surface area contributed by atoms with Gasteiger partial charge in [0.25, 0.3) is 0 Å². The zero-order valence-electron chi connectivity index (χ0n) is 13.2. The minimum Gasteiger partial charge on any atom is -0.382 e. The fourth-order valence-electron chi connectivity index (χ4n) is 2.21. The second-order valence-corrected chi connectivity index (χ2v) is 5.69. The van der Waals surface area contributed by atoms with Crippen molar-refractivity contribution in [2.24, 2.45) is 5.92 Å². The van der Waals surface area contributed by atoms with Gasteiger partial charge in [0.1, 0.15) is 0 Å². The van der Waals surface area contributed by atoms with Crippen LogP contribution in [0.1, 0.15) is 45.7 Å². The standard InChI is InChI=1S/C19H27N/c1-14(2)16(4)12-15(3)13-17(5)20-18(6)19-10-8-7-9-11-19/h7-12,15,18,20H,1,5,13H2,2-4,6H3/b16-12-/t15-,18-/m1/s1. The van der Waals surface area contributed by atoms with Crippen LogP contribution in [0.15, 0.2) is 66.4 Å². The van der Waals surface area contributed by atoms with Crippen molar-refractivity contribution in [3.05, 3.63) is 72.0 Å². The summed E-state index contributed by atoms with van der Waals surface area (Å²) in [6, 6.07) is 10.7. The van der Waals surface area contributed by atoms with E-state index < -0.39 is 0 Å². The third-order valence-electron chi connectivity index (χ3n) is 3.50. The van der Waals surface area contributed by atoms with E-state index in [0.29, 0.717) is 12.0 Å². The van der Waals surface area contributed by atoms with Gasteiger partial charge in [0, 0.05) is 11.7 Å². The lowest BCUT2D eigenvalue weighted by atomic mass is 9.99. The monoisotopic (exact) mass is 269 g/mol. The summed E-state index contributed by atoms with van der Waals surface area (Å²) in [5.41, 5.74) is 4.77. The molecule has 0 aromatic heterocycles. The third kappa shape index (κ3) is 5.48. The van der Waals surface area contributed by atoms with Gasteiger partial charge in [-0.2, -0.15) is 0 Å². The molecule has 2 atom stereocenters. The number of benzene rings is 1. The number of rotatable bonds is 7. The van der Waals surface area contributed by atoms with Crippen molar-refractivity contribution < 1.29 is 0 Å². The molecule has 1 heteroatoms. The number of hydrogen-bond acceptors (Lipinski definition) is 1. The Hall–Kier alpha value is -1.76. The van der Waals surface area contributed by atoms with Crippen molar-refractivity contribution in [3.63, 3.8) is 0 Å². The van der Waals surface area contributed by atoms with E-state index in [2.05, 4.69) is 69.6 Å². The van der Waals surface area contributed by atoms with Gasteiger partial charge in [0.15, 0.2) is 0 Å². The lowest BCUT2D eigenvalue weighted by molar-refractivity contribution is 0.591. The van der Waals surface area contributed by atoms with E-state index in [-0.39, 0.29) is 0 Å². The Morgan fingerprint density at radius 3 is 2.30 bits per heavy atom. The van der Waals surface area contributed by atoms with Gasteiger partial charge in [-0.15, -0.1) is 0 Å². The molecule has 0 heterocycles. The molecule has 0 aliphatic heterocycles. The highest BCUT2D eigenvalue weighted by Gasteiger charge is 2.07. The van der Waals surface area contributed by atoms with Crippen LogP contribution in [0.2, 0.25) is 0 Å². The average Bonchev–Trinajstić information content (AvgIpc) is 2.39. The van der Waals surface area contributed by atoms with Crippen molar-refractivity contribution >= 4 is 0 Å². The SMILES string of the molecule is C=C(C[C@H](C)/C=C(/C)C(=C)C)N[C@H](C)c1ccccc1. The molecule has 0 aliphatic carbocycles. The number of allylic oxidation sites excluding steroid dienone is 4. The van der Waals surface area contributed by atoms with E-state index in [9.17, 15) is 0 Å². The van der Waals surface area contributed by atoms with Crippen LogP contribution >= 0.6 is 0 Å². The minimum atomic E-state index is 0.294. The lowest BCUT2D eigenvalue weighted by Crippen LogP contribution is -2.18. The Morgan fingerprint density at radius 2 is 1.75 bits per heavy atom. The lowest BCUT2D eigenvalue weighted by Gasteiger charge is -2.19. The Morgan fingerprint density at radius 1 is 1.15 bits per heavy atom. The molecule has 0 spiro atoms. The van der Waals surface area contributed by atoms with Crippen LogP contribution < -0.4 is 5.32 Å². The number of hydrogen-bond donors (Lipinski definition) is 1. The van der Waals surface area contributed by atoms with Crippen LogP contribution in [0.25, 0.3) is 0 Å². The molecular formula is C19H27N. The summed E-state index contributed by atoms with van der Waals surface area (Å²) in [4.78, 5) is 0. The average molecular weight is 269 g/mol. The zero-order chi connectivity index (χ0) is 15.1. The van der Waals surface area contributed by atoms with Gasteiger partial charge in [-0.05, 0) is 38.7 Å². The highest BCUT2D eigenvalue weighted by Crippen LogP contribution is 2.18. The van der Waals surface area contributed by atoms with Gasteiger partial charge in [0.2, 0.25) is 0 Å². The first-order valence-corrected chi connectivity index (χ1v) is 7.23. The summed E-state index contributed by atoms with van der Waals surface area (Å²) < 4.78 is 0. The molecule has 0 radical (unpaired) electrons. The number of nitrogens with one attached hydrogen (secondary N) is 1. The van der Waals surface area contributed by atoms with Crippen molar-refractivity contribution in [2.45, 2.75) is 40.2 Å². The smallest absolute Gasteiger partial charge is 0.0482 e. The highest BCUT2D eigenvalue weighted by molar-refractivity contribution is 5.25. The maximum Gasteiger partial charge on any atom is 0.0482 e. The van der Waals surface area contributed by atoms with Crippen molar-refractivity contribution in [2.75, 3.05) is 0 Å². The summed E-state index contributed by atoms with van der Waals surface area (Å²) in [6.45, 7) is 16.7. The first-order valence-electron chi connectivity index (χ1n) is 7.23. The molecule has 1 aromatic carbocycles. The second kappa shape index (κ2) is 7.74. The summed E-state index contributed by atoms with van der Waals surface area (Å²) in [6.07, 6.45) is 3.21. The first kappa shape index (κ1) is 16.3. The van der Waals surface area contributed by atoms with Gasteiger partial charge in [-0.3, -0.25) is 0 Å². The predicted octanol–water partition coefficient (Wildman–Crippen LogP) is 5.40. The molecule has 0 saturated heterocycles. The highest BCUT2D eigenvalue weighted by atomic mass is 14.9. The molecule has 0 unspecified atom stereocenters. The molecule has 0 bridgehead atoms. The van der Waals surface area contributed by atoms with Gasteiger partial charge < -0.3 is 5.32 Å². The Labute approximate surface area is 124 Å². The molecule has 1 rings (SSSR count). The first-order chi connectivity index (χ1) is 9.40. The molecule has 1 N–H and O–H groups in total. The van der Waals surface area contributed by atoms with E-state index >= 15 is 0 Å². The van der Waals surface area contributed by atoms with Crippen LogP contribution in [-0.2, 0) is 0 Å². The van der Waals surface area contributed by atoms with E-state index in [0.717, 1.165) is 17.7 Å². The molecule has 1 nitrogen and oxygen atoms in total. The largest absolute Gasteiger partial charge is 0.382 e. The Balaban J connectivity index is 2.52. The topological polar surface area (TPSA) is 12.0 Å². The van der Waals surface area contributed by atoms with E-state index in [1.54, 1.807) is 0 Å². The maximum absolute atomic E-state index is 4.15. The van der Waals surface area contributed by atoms with E-state index in [1.807, 2.05) is 13.0 Å². The second-order valence-electron chi connectivity index (χ2n) is 5.69. The van der Waals surface area contributed by atoms with Crippen LogP contribution in [0.4, 0.5) is 0 Å². The van der Waals surface area contributed by atoms with Crippen molar-refractivity contribution in [3.8, 4) is 0 Å². The third-order valence-corrected chi connectivity index (χ3v) is 3.50. The van der Waals surface area contributed by atoms with Crippen molar-refractivity contribution in [1.29, 1.82) is 0 Å². The summed E-state index contributed by atoms with van der Waals surface area (Å²) in [5.74, 6) is 0.467.